The molecular formula is C15H16NO6P. The molecule has 1 aromatic carbocycles. The van der Waals surface area contributed by atoms with Gasteiger partial charge in [0.05, 0.1) is 5.71 Å². The minimum Gasteiger partial charge on any atom is -0.511 e. The number of phenolic OH excluding ortho intramolecular Hbond substituents is 1. The van der Waals surface area contributed by atoms with Gasteiger partial charge in [0, 0.05) is 6.42 Å². The minimum atomic E-state index is -4.71. The van der Waals surface area contributed by atoms with Crippen molar-refractivity contribution in [1.82, 2.24) is 0 Å². The molecule has 1 aliphatic carbocycles. The Bertz CT molecular complexity index is 746. The Labute approximate surface area is 132 Å². The molecule has 1 aromatic rings. The highest BCUT2D eigenvalue weighted by Crippen LogP contribution is 2.38. The van der Waals surface area contributed by atoms with Gasteiger partial charge >= 0.3 is 7.75 Å². The zero-order chi connectivity index (χ0) is 17.0. The van der Waals surface area contributed by atoms with E-state index in [2.05, 4.69) is 4.76 Å². The van der Waals surface area contributed by atoms with E-state index in [1.54, 1.807) is 12.1 Å². The summed E-state index contributed by atoms with van der Waals surface area (Å²) in [5.41, 5.74) is 0.570. The smallest absolute Gasteiger partial charge is 0.448 e. The first-order chi connectivity index (χ1) is 10.8. The number of nitrogens with zero attached hydrogens (tertiary/aromatic N) is 1. The SMILES string of the molecule is O=C(CCc1cccc(O)c1)C1C(O)=CC=C/C1=N\P(=O)(O)O. The first-order valence-electron chi connectivity index (χ1n) is 6.80. The van der Waals surface area contributed by atoms with E-state index in [0.717, 1.165) is 5.56 Å². The quantitative estimate of drug-likeness (QED) is 0.609. The van der Waals surface area contributed by atoms with Crippen LogP contribution in [0.2, 0.25) is 0 Å². The minimum absolute atomic E-state index is 0.0278. The number of allylic oxidation sites excluding steroid dienone is 4. The first-order valence-corrected chi connectivity index (χ1v) is 8.36. The normalized spacial score (nSPS) is 19.7. The summed E-state index contributed by atoms with van der Waals surface area (Å²) in [6, 6.07) is 6.43. The second-order valence-electron chi connectivity index (χ2n) is 5.06. The molecule has 4 N–H and O–H groups in total. The summed E-state index contributed by atoms with van der Waals surface area (Å²) in [6.07, 6.45) is 4.29. The fraction of sp³-hybridized carbons (Fsp3) is 0.200. The highest BCUT2D eigenvalue weighted by molar-refractivity contribution is 7.50. The van der Waals surface area contributed by atoms with Crippen LogP contribution in [0.15, 0.2) is 53.0 Å². The van der Waals surface area contributed by atoms with Gasteiger partial charge in [0.15, 0.2) is 0 Å². The molecule has 7 nitrogen and oxygen atoms in total. The molecule has 1 atom stereocenters. The summed E-state index contributed by atoms with van der Waals surface area (Å²) >= 11 is 0. The molecule has 1 unspecified atom stereocenters. The molecule has 122 valence electrons. The predicted octanol–water partition coefficient (Wildman–Crippen LogP) is 2.06. The molecule has 0 radical (unpaired) electrons. The monoisotopic (exact) mass is 337 g/mol. The standard InChI is InChI=1S/C15H16NO6P/c17-11-4-1-3-10(9-11)7-8-14(19)15-12(16-23(20,21)22)5-2-6-13(15)18/h1-6,9,15,17-18H,7-8H2,(H2,20,21,22)/b16-12+. The molecule has 0 aliphatic heterocycles. The molecule has 23 heavy (non-hydrogen) atoms. The number of hydrogen-bond donors (Lipinski definition) is 4. The third kappa shape index (κ3) is 4.89. The molecule has 0 fully saturated rings. The number of benzene rings is 1. The van der Waals surface area contributed by atoms with Crippen molar-refractivity contribution in [1.29, 1.82) is 0 Å². The van der Waals surface area contributed by atoms with Crippen molar-refractivity contribution in [2.75, 3.05) is 0 Å². The van der Waals surface area contributed by atoms with Crippen molar-refractivity contribution in [3.8, 4) is 5.75 Å². The predicted molar refractivity (Wildman–Crippen MR) is 84.3 cm³/mol. The zero-order valence-corrected chi connectivity index (χ0v) is 12.9. The maximum atomic E-state index is 12.3. The lowest BCUT2D eigenvalue weighted by Gasteiger charge is -2.18. The van der Waals surface area contributed by atoms with Crippen molar-refractivity contribution in [3.63, 3.8) is 0 Å². The number of ketones is 1. The van der Waals surface area contributed by atoms with Crippen LogP contribution < -0.4 is 0 Å². The van der Waals surface area contributed by atoms with Crippen LogP contribution in [0.5, 0.6) is 5.75 Å². The van der Waals surface area contributed by atoms with Gasteiger partial charge in [-0.05, 0) is 36.3 Å². The fourth-order valence-corrected chi connectivity index (χ4v) is 2.77. The Morgan fingerprint density at radius 3 is 2.65 bits per heavy atom. The lowest BCUT2D eigenvalue weighted by atomic mass is 9.89. The summed E-state index contributed by atoms with van der Waals surface area (Å²) in [4.78, 5) is 30.2. The Balaban J connectivity index is 2.15. The number of aromatic hydroxyl groups is 1. The molecule has 0 heterocycles. The van der Waals surface area contributed by atoms with E-state index in [-0.39, 0.29) is 23.6 Å². The number of rotatable bonds is 5. The number of Topliss-reactive ketones (excluding diaryl/α,β-unsaturated/α-hetero) is 1. The summed E-state index contributed by atoms with van der Waals surface area (Å²) in [6.45, 7) is 0. The van der Waals surface area contributed by atoms with Crippen LogP contribution in [0.1, 0.15) is 12.0 Å². The molecular weight excluding hydrogens is 321 g/mol. The number of aryl methyl sites for hydroxylation is 1. The zero-order valence-electron chi connectivity index (χ0n) is 12.0. The summed E-state index contributed by atoms with van der Waals surface area (Å²) < 4.78 is 14.2. The van der Waals surface area contributed by atoms with Gasteiger partial charge in [-0.3, -0.25) is 4.79 Å². The molecule has 8 heteroatoms. The topological polar surface area (TPSA) is 127 Å². The van der Waals surface area contributed by atoms with Crippen LogP contribution in [0.25, 0.3) is 0 Å². The summed E-state index contributed by atoms with van der Waals surface area (Å²) in [7, 11) is -4.71. The third-order valence-corrected chi connectivity index (χ3v) is 3.76. The number of aliphatic hydroxyl groups excluding tert-OH is 1. The van der Waals surface area contributed by atoms with Gasteiger partial charge in [-0.1, -0.05) is 18.2 Å². The van der Waals surface area contributed by atoms with Gasteiger partial charge in [-0.2, -0.15) is 4.76 Å². The Kier molecular flexibility index (Phi) is 5.15. The number of hydrogen-bond acceptors (Lipinski definition) is 4. The van der Waals surface area contributed by atoms with Crippen molar-refractivity contribution in [2.24, 2.45) is 10.7 Å². The maximum absolute atomic E-state index is 12.3. The number of carbonyl (C=O) groups is 1. The average Bonchev–Trinajstić information content (AvgIpc) is 2.43. The van der Waals surface area contributed by atoms with Crippen molar-refractivity contribution < 1.29 is 29.4 Å². The van der Waals surface area contributed by atoms with Crippen LogP contribution in [0, 0.1) is 5.92 Å². The fourth-order valence-electron chi connectivity index (χ4n) is 2.28. The van der Waals surface area contributed by atoms with Crippen LogP contribution in [-0.4, -0.2) is 31.5 Å². The second-order valence-corrected chi connectivity index (χ2v) is 6.28. The van der Waals surface area contributed by atoms with Crippen LogP contribution >= 0.6 is 7.75 Å². The van der Waals surface area contributed by atoms with Gasteiger partial charge in [-0.25, -0.2) is 4.57 Å². The van der Waals surface area contributed by atoms with E-state index < -0.39 is 19.4 Å². The largest absolute Gasteiger partial charge is 0.511 e. The summed E-state index contributed by atoms with van der Waals surface area (Å²) in [5, 5.41) is 19.3. The van der Waals surface area contributed by atoms with Crippen LogP contribution in [0.4, 0.5) is 0 Å². The van der Waals surface area contributed by atoms with E-state index >= 15 is 0 Å². The first kappa shape index (κ1) is 17.1. The van der Waals surface area contributed by atoms with E-state index in [1.165, 1.54) is 30.4 Å². The third-order valence-electron chi connectivity index (χ3n) is 3.26. The van der Waals surface area contributed by atoms with Gasteiger partial charge in [0.1, 0.15) is 23.2 Å². The van der Waals surface area contributed by atoms with Crippen molar-refractivity contribution >= 4 is 19.2 Å². The van der Waals surface area contributed by atoms with E-state index in [9.17, 15) is 19.6 Å². The van der Waals surface area contributed by atoms with Gasteiger partial charge in [0.25, 0.3) is 0 Å². The molecule has 1 aliphatic rings. The number of aliphatic hydroxyl groups is 1. The number of phenols is 1. The lowest BCUT2D eigenvalue weighted by Crippen LogP contribution is -2.27. The van der Waals surface area contributed by atoms with E-state index in [0.29, 0.717) is 6.42 Å². The van der Waals surface area contributed by atoms with Crippen molar-refractivity contribution in [3.05, 3.63) is 53.8 Å². The molecule has 2 rings (SSSR count). The van der Waals surface area contributed by atoms with Gasteiger partial charge < -0.3 is 20.0 Å². The average molecular weight is 337 g/mol. The Morgan fingerprint density at radius 2 is 2.00 bits per heavy atom. The van der Waals surface area contributed by atoms with Crippen molar-refractivity contribution in [2.45, 2.75) is 12.8 Å². The summed E-state index contributed by atoms with van der Waals surface area (Å²) in [5.74, 6) is -1.83. The highest BCUT2D eigenvalue weighted by atomic mass is 31.2. The van der Waals surface area contributed by atoms with Gasteiger partial charge in [-0.15, -0.1) is 0 Å². The Hall–Kier alpha value is -2.21. The highest BCUT2D eigenvalue weighted by Gasteiger charge is 2.30. The lowest BCUT2D eigenvalue weighted by molar-refractivity contribution is -0.120. The molecule has 0 saturated carbocycles. The van der Waals surface area contributed by atoms with Gasteiger partial charge in [0.2, 0.25) is 0 Å². The van der Waals surface area contributed by atoms with Crippen LogP contribution in [0.3, 0.4) is 0 Å². The molecule has 0 bridgehead atoms. The van der Waals surface area contributed by atoms with E-state index in [1.807, 2.05) is 0 Å². The van der Waals surface area contributed by atoms with E-state index in [4.69, 9.17) is 9.79 Å². The Morgan fingerprint density at radius 1 is 1.26 bits per heavy atom. The maximum Gasteiger partial charge on any atom is 0.448 e. The molecule has 0 spiro atoms. The molecule has 0 amide bonds. The number of carbonyl (C=O) groups excluding carboxylic acids is 1. The molecule has 0 aromatic heterocycles. The van der Waals surface area contributed by atoms with Crippen LogP contribution in [-0.2, 0) is 15.8 Å². The second kappa shape index (κ2) is 6.91. The molecule has 0 saturated heterocycles.